The maximum Gasteiger partial charge on any atom is 0.159 e. The lowest BCUT2D eigenvalue weighted by atomic mass is 9.64. The predicted octanol–water partition coefficient (Wildman–Crippen LogP) is 16.1. The molecule has 0 radical (unpaired) electrons. The molecule has 64 heavy (non-hydrogen) atoms. The fourth-order valence-corrected chi connectivity index (χ4v) is 12.4. The van der Waals surface area contributed by atoms with Gasteiger partial charge < -0.3 is 14.2 Å². The summed E-state index contributed by atoms with van der Waals surface area (Å²) in [5, 5.41) is 8.56. The number of rotatable bonds is 5. The van der Waals surface area contributed by atoms with Crippen LogP contribution in [-0.4, -0.2) is 8.07 Å². The third kappa shape index (κ3) is 5.09. The van der Waals surface area contributed by atoms with Gasteiger partial charge in [0.05, 0.1) is 36.2 Å². The van der Waals surface area contributed by atoms with Crippen LogP contribution in [0.25, 0.3) is 54.6 Å². The Morgan fingerprint density at radius 1 is 0.438 bits per heavy atom. The van der Waals surface area contributed by atoms with Crippen LogP contribution in [0.1, 0.15) is 22.3 Å². The van der Waals surface area contributed by atoms with E-state index in [4.69, 9.17) is 4.42 Å². The Bertz CT molecular complexity index is 3630. The Labute approximate surface area is 374 Å². The Morgan fingerprint density at radius 3 is 1.77 bits per heavy atom. The number of para-hydroxylation sites is 5. The lowest BCUT2D eigenvalue weighted by molar-refractivity contribution is 0.669. The van der Waals surface area contributed by atoms with Crippen molar-refractivity contribution in [2.24, 2.45) is 0 Å². The molecule has 1 aromatic heterocycles. The molecule has 0 atom stereocenters. The van der Waals surface area contributed by atoms with E-state index in [-0.39, 0.29) is 0 Å². The van der Waals surface area contributed by atoms with Crippen LogP contribution in [0.5, 0.6) is 0 Å². The van der Waals surface area contributed by atoms with Crippen molar-refractivity contribution >= 4 is 90.9 Å². The van der Waals surface area contributed by atoms with E-state index in [9.17, 15) is 0 Å². The summed E-state index contributed by atoms with van der Waals surface area (Å²) in [7, 11) is -1.60. The van der Waals surface area contributed by atoms with Gasteiger partial charge in [0.25, 0.3) is 0 Å². The van der Waals surface area contributed by atoms with Gasteiger partial charge in [-0.05, 0) is 104 Å². The highest BCUT2D eigenvalue weighted by Crippen LogP contribution is 2.66. The molecule has 2 heterocycles. The number of anilines is 6. The predicted molar refractivity (Wildman–Crippen MR) is 272 cm³/mol. The molecular weight excluding hydrogens is 793 g/mol. The van der Waals surface area contributed by atoms with Crippen molar-refractivity contribution in [1.29, 1.82) is 0 Å². The second-order valence-electron chi connectivity index (χ2n) is 18.4. The van der Waals surface area contributed by atoms with Gasteiger partial charge in [0, 0.05) is 27.5 Å². The molecule has 10 aromatic carbocycles. The van der Waals surface area contributed by atoms with E-state index < -0.39 is 13.5 Å². The molecule has 0 unspecified atom stereocenters. The lowest BCUT2D eigenvalue weighted by Crippen LogP contribution is -2.37. The Morgan fingerprint density at radius 2 is 1.03 bits per heavy atom. The third-order valence-electron chi connectivity index (χ3n) is 14.0. The van der Waals surface area contributed by atoms with Gasteiger partial charge in [-0.3, -0.25) is 0 Å². The first-order valence-electron chi connectivity index (χ1n) is 22.4. The average Bonchev–Trinajstić information content (AvgIpc) is 3.87. The minimum absolute atomic E-state index is 0.662. The molecule has 0 bridgehead atoms. The SMILES string of the molecule is C[Si](C)(C)c1ccc(N(c2cc3c(c4ccccc24)-c2c(ccc4ccccc24)C32c3ccccc3N(c3ccccc3)c3ccccc32)c2cccc3c2oc2ccccc23)cc1. The highest BCUT2D eigenvalue weighted by Gasteiger charge is 2.53. The summed E-state index contributed by atoms with van der Waals surface area (Å²) in [5.41, 5.74) is 15.5. The topological polar surface area (TPSA) is 19.6 Å². The summed E-state index contributed by atoms with van der Waals surface area (Å²) < 4.78 is 6.91. The molecule has 0 amide bonds. The van der Waals surface area contributed by atoms with Gasteiger partial charge >= 0.3 is 0 Å². The quantitative estimate of drug-likeness (QED) is 0.161. The normalized spacial score (nSPS) is 13.6. The second kappa shape index (κ2) is 13.7. The maximum absolute atomic E-state index is 6.91. The molecule has 0 N–H and O–H groups in total. The van der Waals surface area contributed by atoms with Crippen LogP contribution < -0.4 is 15.0 Å². The Hall–Kier alpha value is -7.66. The summed E-state index contributed by atoms with van der Waals surface area (Å²) in [4.78, 5) is 4.94. The summed E-state index contributed by atoms with van der Waals surface area (Å²) in [5.74, 6) is 0. The van der Waals surface area contributed by atoms with Crippen molar-refractivity contribution in [3.63, 3.8) is 0 Å². The zero-order valence-electron chi connectivity index (χ0n) is 36.0. The summed E-state index contributed by atoms with van der Waals surface area (Å²) in [6.45, 7) is 7.26. The van der Waals surface area contributed by atoms with Gasteiger partial charge in [-0.1, -0.05) is 183 Å². The Balaban J connectivity index is 1.20. The van der Waals surface area contributed by atoms with Gasteiger partial charge in [-0.2, -0.15) is 0 Å². The van der Waals surface area contributed by atoms with Crippen LogP contribution in [0.15, 0.2) is 217 Å². The van der Waals surface area contributed by atoms with Gasteiger partial charge in [-0.25, -0.2) is 0 Å². The van der Waals surface area contributed by atoms with E-state index in [1.807, 2.05) is 0 Å². The van der Waals surface area contributed by atoms with Crippen molar-refractivity contribution in [3.05, 3.63) is 235 Å². The molecule has 0 saturated heterocycles. The van der Waals surface area contributed by atoms with Crippen LogP contribution in [-0.2, 0) is 5.41 Å². The van der Waals surface area contributed by atoms with E-state index in [2.05, 4.69) is 242 Å². The molecule has 0 saturated carbocycles. The molecule has 4 heteroatoms. The van der Waals surface area contributed by atoms with E-state index in [0.29, 0.717) is 0 Å². The molecule has 3 nitrogen and oxygen atoms in total. The number of furan rings is 1. The van der Waals surface area contributed by atoms with Gasteiger partial charge in [0.15, 0.2) is 5.58 Å². The smallest absolute Gasteiger partial charge is 0.159 e. The first-order chi connectivity index (χ1) is 31.4. The van der Waals surface area contributed by atoms with E-state index >= 15 is 0 Å². The molecule has 1 spiro atoms. The number of hydrogen-bond donors (Lipinski definition) is 0. The zero-order valence-corrected chi connectivity index (χ0v) is 37.0. The molecule has 11 aromatic rings. The van der Waals surface area contributed by atoms with Crippen LogP contribution in [0.3, 0.4) is 0 Å². The van der Waals surface area contributed by atoms with Crippen molar-refractivity contribution in [2.45, 2.75) is 25.1 Å². The first-order valence-corrected chi connectivity index (χ1v) is 25.9. The maximum atomic E-state index is 6.91. The van der Waals surface area contributed by atoms with Crippen molar-refractivity contribution < 1.29 is 4.42 Å². The monoisotopic (exact) mass is 836 g/mol. The summed E-state index contributed by atoms with van der Waals surface area (Å²) in [6.07, 6.45) is 0. The minimum atomic E-state index is -1.60. The molecule has 1 aliphatic heterocycles. The van der Waals surface area contributed by atoms with Crippen LogP contribution in [0, 0.1) is 0 Å². The Kier molecular flexibility index (Phi) is 7.89. The van der Waals surface area contributed by atoms with Gasteiger partial charge in [-0.15, -0.1) is 0 Å². The molecule has 304 valence electrons. The second-order valence-corrected chi connectivity index (χ2v) is 23.5. The first kappa shape index (κ1) is 36.9. The largest absolute Gasteiger partial charge is 0.454 e. The molecule has 1 aliphatic carbocycles. The minimum Gasteiger partial charge on any atom is -0.454 e. The van der Waals surface area contributed by atoms with Crippen molar-refractivity contribution in [2.75, 3.05) is 9.80 Å². The van der Waals surface area contributed by atoms with Gasteiger partial charge in [0.2, 0.25) is 0 Å². The third-order valence-corrected chi connectivity index (χ3v) is 16.0. The highest BCUT2D eigenvalue weighted by atomic mass is 28.3. The molecule has 0 fully saturated rings. The molecular formula is C60H44N2OSi. The summed E-state index contributed by atoms with van der Waals surface area (Å²) >= 11 is 0. The number of fused-ring (bicyclic) bond motifs is 16. The standard InChI is InChI=1S/C60H44N2OSi/c1-64(2,3)42-35-33-41(34-36-42)62(54-30-17-25-47-45-23-11-16-31-56(45)63-59(47)54)55-38-51-58(46-24-10-9-22-44(46)55)57-43-21-8-7-18-39(43)32-37-50(57)60(51)48-26-12-14-28-52(48)61(40-19-5-4-6-20-40)53-29-15-13-27-49(53)60/h4-38H,1-3H3. The van der Waals surface area contributed by atoms with E-state index in [1.165, 1.54) is 71.5 Å². The number of nitrogens with zero attached hydrogens (tertiary/aromatic N) is 2. The van der Waals surface area contributed by atoms with Crippen molar-refractivity contribution in [1.82, 2.24) is 0 Å². The summed E-state index contributed by atoms with van der Waals surface area (Å²) in [6, 6.07) is 78.9. The van der Waals surface area contributed by atoms with Gasteiger partial charge in [0.1, 0.15) is 5.58 Å². The highest BCUT2D eigenvalue weighted by molar-refractivity contribution is 6.88. The van der Waals surface area contributed by atoms with E-state index in [1.54, 1.807) is 0 Å². The molecule has 13 rings (SSSR count). The van der Waals surface area contributed by atoms with Crippen LogP contribution in [0.2, 0.25) is 19.6 Å². The number of benzene rings is 10. The zero-order chi connectivity index (χ0) is 42.7. The van der Waals surface area contributed by atoms with Crippen LogP contribution in [0.4, 0.5) is 34.1 Å². The van der Waals surface area contributed by atoms with E-state index in [0.717, 1.165) is 44.7 Å². The van der Waals surface area contributed by atoms with Crippen molar-refractivity contribution in [3.8, 4) is 11.1 Å². The number of hydrogen-bond acceptors (Lipinski definition) is 3. The molecule has 2 aliphatic rings. The fourth-order valence-electron chi connectivity index (χ4n) is 11.2. The lowest BCUT2D eigenvalue weighted by Gasteiger charge is -2.45. The average molecular weight is 837 g/mol. The fraction of sp³-hybridized carbons (Fsp3) is 0.0667. The van der Waals surface area contributed by atoms with Crippen LogP contribution >= 0.6 is 0 Å².